The molecule has 0 aliphatic heterocycles. The summed E-state index contributed by atoms with van der Waals surface area (Å²) >= 11 is 0. The van der Waals surface area contributed by atoms with Gasteiger partial charge in [0.25, 0.3) is 0 Å². The van der Waals surface area contributed by atoms with E-state index in [1.54, 1.807) is 6.08 Å². The van der Waals surface area contributed by atoms with Crippen LogP contribution in [0.15, 0.2) is 24.3 Å². The van der Waals surface area contributed by atoms with Crippen molar-refractivity contribution in [3.8, 4) is 0 Å². The topological polar surface area (TPSA) is 110 Å². The highest BCUT2D eigenvalue weighted by molar-refractivity contribution is 5.84. The zero-order valence-corrected chi connectivity index (χ0v) is 22.4. The number of ketones is 1. The highest BCUT2D eigenvalue weighted by atomic mass is 16.6. The van der Waals surface area contributed by atoms with Gasteiger partial charge in [-0.15, -0.1) is 0 Å². The van der Waals surface area contributed by atoms with E-state index in [0.717, 1.165) is 44.9 Å². The Morgan fingerprint density at radius 1 is 0.944 bits per heavy atom. The molecule has 1 rings (SSSR count). The van der Waals surface area contributed by atoms with Crippen molar-refractivity contribution in [2.75, 3.05) is 13.2 Å². The summed E-state index contributed by atoms with van der Waals surface area (Å²) in [7, 11) is 0. The molecule has 7 heteroatoms. The molecule has 0 unspecified atom stereocenters. The molecular formula is C29H48O7. The third kappa shape index (κ3) is 14.5. The van der Waals surface area contributed by atoms with E-state index in [0.29, 0.717) is 32.1 Å². The average molecular weight is 509 g/mol. The van der Waals surface area contributed by atoms with Crippen molar-refractivity contribution in [3.05, 3.63) is 24.3 Å². The minimum absolute atomic E-state index is 0.0486. The minimum Gasteiger partial charge on any atom is -0.462 e. The highest BCUT2D eigenvalue weighted by Gasteiger charge is 2.39. The third-order valence-electron chi connectivity index (χ3n) is 6.54. The van der Waals surface area contributed by atoms with Crippen molar-refractivity contribution in [2.45, 2.75) is 116 Å². The number of esters is 2. The van der Waals surface area contributed by atoms with Gasteiger partial charge in [0.15, 0.2) is 0 Å². The highest BCUT2D eigenvalue weighted by Crippen LogP contribution is 2.33. The molecule has 0 aromatic carbocycles. The quantitative estimate of drug-likeness (QED) is 0.132. The van der Waals surface area contributed by atoms with Crippen LogP contribution in [0.2, 0.25) is 0 Å². The first-order valence-electron chi connectivity index (χ1n) is 13.9. The summed E-state index contributed by atoms with van der Waals surface area (Å²) in [6, 6.07) is 0. The molecule has 0 aromatic rings. The molecule has 0 aromatic heterocycles. The fourth-order valence-electron chi connectivity index (χ4n) is 4.36. The average Bonchev–Trinajstić information content (AvgIpc) is 3.12. The van der Waals surface area contributed by atoms with Crippen molar-refractivity contribution >= 4 is 17.7 Å². The normalized spacial score (nSPS) is 20.9. The number of unbranched alkanes of at least 4 members (excludes halogenated alkanes) is 6. The second-order valence-electron chi connectivity index (χ2n) is 9.72. The largest absolute Gasteiger partial charge is 0.462 e. The number of Topliss-reactive ketones (excluding diaryl/α,β-unsaturated/α-hetero) is 1. The van der Waals surface area contributed by atoms with E-state index in [1.807, 2.05) is 18.2 Å². The van der Waals surface area contributed by atoms with Crippen LogP contribution >= 0.6 is 0 Å². The molecule has 1 saturated carbocycles. The first-order chi connectivity index (χ1) is 17.4. The number of aliphatic hydroxyl groups is 2. The van der Waals surface area contributed by atoms with Crippen LogP contribution in [0.4, 0.5) is 0 Å². The Bertz CT molecular complexity index is 685. The lowest BCUT2D eigenvalue weighted by molar-refractivity contribution is -0.152. The molecule has 4 atom stereocenters. The minimum atomic E-state index is -0.704. The fourth-order valence-corrected chi connectivity index (χ4v) is 4.36. The molecule has 206 valence electrons. The number of rotatable bonds is 20. The van der Waals surface area contributed by atoms with E-state index in [2.05, 4.69) is 13.8 Å². The lowest BCUT2D eigenvalue weighted by Crippen LogP contribution is -2.18. The van der Waals surface area contributed by atoms with Gasteiger partial charge in [0, 0.05) is 31.1 Å². The predicted octanol–water partition coefficient (Wildman–Crippen LogP) is 5.22. The van der Waals surface area contributed by atoms with Crippen LogP contribution in [0.3, 0.4) is 0 Å². The van der Waals surface area contributed by atoms with Gasteiger partial charge in [-0.05, 0) is 32.1 Å². The van der Waals surface area contributed by atoms with E-state index < -0.39 is 12.2 Å². The van der Waals surface area contributed by atoms with Gasteiger partial charge in [-0.2, -0.15) is 0 Å². The number of hydrogen-bond donors (Lipinski definition) is 2. The Hall–Kier alpha value is -1.99. The van der Waals surface area contributed by atoms with Crippen LogP contribution < -0.4 is 0 Å². The van der Waals surface area contributed by atoms with Gasteiger partial charge in [0.2, 0.25) is 0 Å². The third-order valence-corrected chi connectivity index (χ3v) is 6.54. The van der Waals surface area contributed by atoms with Crippen LogP contribution in [-0.4, -0.2) is 53.4 Å². The van der Waals surface area contributed by atoms with E-state index in [1.165, 1.54) is 0 Å². The molecule has 0 saturated heterocycles. The van der Waals surface area contributed by atoms with E-state index in [-0.39, 0.29) is 55.6 Å². The molecule has 0 amide bonds. The monoisotopic (exact) mass is 508 g/mol. The molecule has 0 bridgehead atoms. The standard InChI is InChI=1S/C29H48O7/c1-3-5-7-12-16-28(33)35-20-21-36-29(34)17-13-9-8-11-15-24-25(27(32)22-26(24)31)19-18-23(30)14-10-6-4-2/h8,11,18-19,23-25,27,30,32H,3-7,9-10,12-17,20-22H2,1-2H3/b11-8+,19-18+/t23-,24+,25+,27+/m0/s1. The Kier molecular flexibility index (Phi) is 17.9. The first kappa shape index (κ1) is 32.0. The molecule has 0 heterocycles. The Balaban J connectivity index is 2.21. The van der Waals surface area contributed by atoms with Crippen molar-refractivity contribution in [3.63, 3.8) is 0 Å². The number of aliphatic hydroxyl groups excluding tert-OH is 2. The molecule has 0 radical (unpaired) electrons. The van der Waals surface area contributed by atoms with Crippen molar-refractivity contribution < 1.29 is 34.1 Å². The second-order valence-corrected chi connectivity index (χ2v) is 9.72. The zero-order valence-electron chi connectivity index (χ0n) is 22.4. The van der Waals surface area contributed by atoms with E-state index >= 15 is 0 Å². The second kappa shape index (κ2) is 20.1. The Labute approximate surface area is 217 Å². The summed E-state index contributed by atoms with van der Waals surface area (Å²) in [6.07, 6.45) is 16.8. The molecule has 7 nitrogen and oxygen atoms in total. The van der Waals surface area contributed by atoms with Gasteiger partial charge in [-0.25, -0.2) is 0 Å². The number of carbonyl (C=O) groups excluding carboxylic acids is 3. The summed E-state index contributed by atoms with van der Waals surface area (Å²) in [5.74, 6) is -1.08. The maximum Gasteiger partial charge on any atom is 0.305 e. The van der Waals surface area contributed by atoms with Crippen LogP contribution in [0, 0.1) is 11.8 Å². The summed E-state index contributed by atoms with van der Waals surface area (Å²) in [4.78, 5) is 35.7. The number of carbonyl (C=O) groups is 3. The summed E-state index contributed by atoms with van der Waals surface area (Å²) < 4.78 is 10.2. The lowest BCUT2D eigenvalue weighted by Gasteiger charge is -2.16. The van der Waals surface area contributed by atoms with Crippen molar-refractivity contribution in [1.29, 1.82) is 0 Å². The molecule has 0 spiro atoms. The molecular weight excluding hydrogens is 460 g/mol. The summed E-state index contributed by atoms with van der Waals surface area (Å²) in [6.45, 7) is 4.39. The van der Waals surface area contributed by atoms with Crippen molar-refractivity contribution in [1.82, 2.24) is 0 Å². The zero-order chi connectivity index (χ0) is 26.6. The van der Waals surface area contributed by atoms with Crippen LogP contribution in [-0.2, 0) is 23.9 Å². The smallest absolute Gasteiger partial charge is 0.305 e. The molecule has 36 heavy (non-hydrogen) atoms. The molecule has 2 N–H and O–H groups in total. The number of ether oxygens (including phenoxy) is 2. The fraction of sp³-hybridized carbons (Fsp3) is 0.759. The van der Waals surface area contributed by atoms with E-state index in [9.17, 15) is 24.6 Å². The maximum absolute atomic E-state index is 12.3. The van der Waals surface area contributed by atoms with Gasteiger partial charge in [-0.1, -0.05) is 76.7 Å². The van der Waals surface area contributed by atoms with E-state index in [4.69, 9.17) is 9.47 Å². The number of hydrogen-bond acceptors (Lipinski definition) is 7. The number of allylic oxidation sites excluding steroid dienone is 2. The van der Waals surface area contributed by atoms with Gasteiger partial charge < -0.3 is 19.7 Å². The van der Waals surface area contributed by atoms with Crippen LogP contribution in [0.1, 0.15) is 104 Å². The maximum atomic E-state index is 12.3. The van der Waals surface area contributed by atoms with Gasteiger partial charge in [0.05, 0.1) is 12.2 Å². The predicted molar refractivity (Wildman–Crippen MR) is 140 cm³/mol. The summed E-state index contributed by atoms with van der Waals surface area (Å²) in [5, 5.41) is 20.4. The van der Waals surface area contributed by atoms with Crippen molar-refractivity contribution in [2.24, 2.45) is 11.8 Å². The van der Waals surface area contributed by atoms with Gasteiger partial charge in [0.1, 0.15) is 19.0 Å². The first-order valence-corrected chi connectivity index (χ1v) is 13.9. The molecule has 1 fully saturated rings. The van der Waals surface area contributed by atoms with Crippen LogP contribution in [0.25, 0.3) is 0 Å². The molecule has 1 aliphatic carbocycles. The lowest BCUT2D eigenvalue weighted by atomic mass is 9.90. The Morgan fingerprint density at radius 3 is 2.25 bits per heavy atom. The molecule has 1 aliphatic rings. The summed E-state index contributed by atoms with van der Waals surface area (Å²) in [5.41, 5.74) is 0. The van der Waals surface area contributed by atoms with Crippen LogP contribution in [0.5, 0.6) is 0 Å². The Morgan fingerprint density at radius 2 is 1.58 bits per heavy atom. The van der Waals surface area contributed by atoms with Gasteiger partial charge in [-0.3, -0.25) is 14.4 Å². The SMILES string of the molecule is CCCCCCC(=O)OCCOC(=O)CCC/C=C/C[C@H]1C(=O)C[C@@H](O)[C@@H]1/C=C/[C@@H](O)CCCCC. The van der Waals surface area contributed by atoms with Gasteiger partial charge >= 0.3 is 11.9 Å².